The lowest BCUT2D eigenvalue weighted by molar-refractivity contribution is -0.122. The number of aryl methyl sites for hydroxylation is 1. The van der Waals surface area contributed by atoms with Gasteiger partial charge in [-0.25, -0.2) is 4.99 Å². The molecule has 2 aromatic carbocycles. The molecule has 0 radical (unpaired) electrons. The summed E-state index contributed by atoms with van der Waals surface area (Å²) in [5.74, 6) is -0.0141. The Morgan fingerprint density at radius 2 is 1.67 bits per heavy atom. The number of hydrogen-bond donors (Lipinski definition) is 0. The molecule has 5 heteroatoms. The van der Waals surface area contributed by atoms with Gasteiger partial charge in [-0.15, -0.1) is 0 Å². The fraction of sp³-hybridized carbons (Fsp3) is 0.0909. The number of nitrogens with zero attached hydrogens (tertiary/aromatic N) is 3. The Balaban J connectivity index is 1.70. The van der Waals surface area contributed by atoms with Crippen molar-refractivity contribution in [2.24, 2.45) is 12.0 Å². The average Bonchev–Trinajstić information content (AvgIpc) is 3.22. The first-order valence-corrected chi connectivity index (χ1v) is 9.53. The highest BCUT2D eigenvalue weighted by Crippen LogP contribution is 2.35. The van der Waals surface area contributed by atoms with Crippen LogP contribution in [0.5, 0.6) is 0 Å². The molecule has 27 heavy (non-hydrogen) atoms. The van der Waals surface area contributed by atoms with Crippen molar-refractivity contribution >= 4 is 34.6 Å². The number of aromatic nitrogens is 1. The molecule has 2 heterocycles. The zero-order chi connectivity index (χ0) is 18.6. The number of para-hydroxylation sites is 1. The summed E-state index contributed by atoms with van der Waals surface area (Å²) in [5, 5.41) is 0.704. The minimum Gasteiger partial charge on any atom is -0.351 e. The number of hydrogen-bond acceptors (Lipinski definition) is 3. The summed E-state index contributed by atoms with van der Waals surface area (Å²) in [4.78, 5) is 20.3. The second-order valence-corrected chi connectivity index (χ2v) is 7.27. The van der Waals surface area contributed by atoms with Gasteiger partial charge in [0, 0.05) is 18.9 Å². The van der Waals surface area contributed by atoms with Gasteiger partial charge < -0.3 is 4.57 Å². The molecule has 3 aromatic rings. The highest BCUT2D eigenvalue weighted by Gasteiger charge is 2.33. The van der Waals surface area contributed by atoms with E-state index in [0.29, 0.717) is 16.6 Å². The Labute approximate surface area is 162 Å². The van der Waals surface area contributed by atoms with E-state index in [1.807, 2.05) is 96.7 Å². The second-order valence-electron chi connectivity index (χ2n) is 6.26. The molecule has 1 amide bonds. The lowest BCUT2D eigenvalue weighted by Gasteiger charge is -2.15. The van der Waals surface area contributed by atoms with Crippen molar-refractivity contribution in [3.05, 3.63) is 95.2 Å². The maximum absolute atomic E-state index is 13.1. The van der Waals surface area contributed by atoms with E-state index in [1.54, 1.807) is 4.90 Å². The Morgan fingerprint density at radius 1 is 0.963 bits per heavy atom. The third-order valence-corrected chi connectivity index (χ3v) is 5.32. The topological polar surface area (TPSA) is 37.6 Å². The predicted molar refractivity (Wildman–Crippen MR) is 112 cm³/mol. The lowest BCUT2D eigenvalue weighted by atomic mass is 10.2. The minimum atomic E-state index is -0.0141. The first kappa shape index (κ1) is 17.4. The largest absolute Gasteiger partial charge is 0.351 e. The Morgan fingerprint density at radius 3 is 2.33 bits per heavy atom. The number of benzene rings is 2. The van der Waals surface area contributed by atoms with Crippen molar-refractivity contribution in [2.75, 3.05) is 0 Å². The molecule has 0 saturated carbocycles. The van der Waals surface area contributed by atoms with Gasteiger partial charge in [-0.05, 0) is 47.7 Å². The summed E-state index contributed by atoms with van der Waals surface area (Å²) in [5.41, 5.74) is 2.91. The van der Waals surface area contributed by atoms with E-state index < -0.39 is 0 Å². The van der Waals surface area contributed by atoms with E-state index in [0.717, 1.165) is 16.9 Å². The molecule has 0 N–H and O–H groups in total. The Kier molecular flexibility index (Phi) is 4.94. The minimum absolute atomic E-state index is 0.0141. The molecular weight excluding hydrogens is 354 g/mol. The van der Waals surface area contributed by atoms with Crippen molar-refractivity contribution in [3.63, 3.8) is 0 Å². The maximum atomic E-state index is 13.1. The molecule has 1 aliphatic rings. The summed E-state index contributed by atoms with van der Waals surface area (Å²) in [6.45, 7) is 0.503. The molecule has 0 bridgehead atoms. The van der Waals surface area contributed by atoms with Gasteiger partial charge in [-0.1, -0.05) is 48.5 Å². The van der Waals surface area contributed by atoms with Crippen LogP contribution in [-0.4, -0.2) is 20.5 Å². The van der Waals surface area contributed by atoms with Crippen LogP contribution in [0.4, 0.5) is 5.69 Å². The zero-order valence-electron chi connectivity index (χ0n) is 14.9. The maximum Gasteiger partial charge on any atom is 0.267 e. The number of carbonyl (C=O) groups is 1. The van der Waals surface area contributed by atoms with Crippen molar-refractivity contribution in [3.8, 4) is 0 Å². The Hall–Kier alpha value is -3.05. The fourth-order valence-electron chi connectivity index (χ4n) is 2.87. The van der Waals surface area contributed by atoms with Gasteiger partial charge in [-0.3, -0.25) is 9.69 Å². The van der Waals surface area contributed by atoms with Crippen LogP contribution in [0.25, 0.3) is 6.08 Å². The van der Waals surface area contributed by atoms with Crippen LogP contribution < -0.4 is 0 Å². The van der Waals surface area contributed by atoms with E-state index in [1.165, 1.54) is 11.8 Å². The number of amides is 1. The van der Waals surface area contributed by atoms with Gasteiger partial charge in [0.2, 0.25) is 0 Å². The van der Waals surface area contributed by atoms with Crippen molar-refractivity contribution in [1.82, 2.24) is 9.47 Å². The molecule has 4 nitrogen and oxygen atoms in total. The normalized spacial score (nSPS) is 17.2. The van der Waals surface area contributed by atoms with E-state index in [9.17, 15) is 4.79 Å². The van der Waals surface area contributed by atoms with Gasteiger partial charge in [-0.2, -0.15) is 0 Å². The molecule has 0 spiro atoms. The fourth-order valence-corrected chi connectivity index (χ4v) is 3.85. The van der Waals surface area contributed by atoms with E-state index in [2.05, 4.69) is 0 Å². The van der Waals surface area contributed by atoms with Crippen LogP contribution in [-0.2, 0) is 18.4 Å². The summed E-state index contributed by atoms with van der Waals surface area (Å²) in [6, 6.07) is 23.7. The molecule has 0 unspecified atom stereocenters. The lowest BCUT2D eigenvalue weighted by Crippen LogP contribution is -2.28. The zero-order valence-corrected chi connectivity index (χ0v) is 15.8. The van der Waals surface area contributed by atoms with Crippen LogP contribution in [0, 0.1) is 0 Å². The van der Waals surface area contributed by atoms with Gasteiger partial charge in [0.25, 0.3) is 5.91 Å². The monoisotopic (exact) mass is 373 g/mol. The molecule has 134 valence electrons. The third kappa shape index (κ3) is 3.88. The number of amidine groups is 1. The van der Waals surface area contributed by atoms with Gasteiger partial charge >= 0.3 is 0 Å². The summed E-state index contributed by atoms with van der Waals surface area (Å²) in [6.07, 6.45) is 3.90. The summed E-state index contributed by atoms with van der Waals surface area (Å²) in [7, 11) is 1.97. The smallest absolute Gasteiger partial charge is 0.267 e. The number of aliphatic imine (C=N–C) groups is 1. The first-order valence-electron chi connectivity index (χ1n) is 8.71. The third-order valence-electron chi connectivity index (χ3n) is 4.32. The van der Waals surface area contributed by atoms with Crippen LogP contribution in [0.15, 0.2) is 88.9 Å². The molecule has 1 aromatic heterocycles. The van der Waals surface area contributed by atoms with E-state index in [-0.39, 0.29) is 5.91 Å². The first-order chi connectivity index (χ1) is 13.2. The van der Waals surface area contributed by atoms with Gasteiger partial charge in [0.1, 0.15) is 0 Å². The number of thioether (sulfide) groups is 1. The van der Waals surface area contributed by atoms with Crippen molar-refractivity contribution in [1.29, 1.82) is 0 Å². The molecule has 0 atom stereocenters. The van der Waals surface area contributed by atoms with Crippen LogP contribution in [0.2, 0.25) is 0 Å². The van der Waals surface area contributed by atoms with Crippen LogP contribution in [0.1, 0.15) is 11.3 Å². The predicted octanol–water partition coefficient (Wildman–Crippen LogP) is 4.83. The number of carbonyl (C=O) groups excluding carboxylic acids is 1. The van der Waals surface area contributed by atoms with E-state index in [4.69, 9.17) is 4.99 Å². The second kappa shape index (κ2) is 7.68. The van der Waals surface area contributed by atoms with Gasteiger partial charge in [0.15, 0.2) is 5.17 Å². The van der Waals surface area contributed by atoms with Gasteiger partial charge in [0.05, 0.1) is 17.1 Å². The van der Waals surface area contributed by atoms with E-state index >= 15 is 0 Å². The quantitative estimate of drug-likeness (QED) is 0.614. The molecular formula is C22H19N3OS. The van der Waals surface area contributed by atoms with Crippen molar-refractivity contribution < 1.29 is 4.79 Å². The van der Waals surface area contributed by atoms with Crippen LogP contribution in [0.3, 0.4) is 0 Å². The molecule has 4 rings (SSSR count). The van der Waals surface area contributed by atoms with Crippen LogP contribution >= 0.6 is 11.8 Å². The molecule has 1 fully saturated rings. The summed E-state index contributed by atoms with van der Waals surface area (Å²) < 4.78 is 1.99. The highest BCUT2D eigenvalue weighted by atomic mass is 32.2. The molecule has 1 saturated heterocycles. The molecule has 1 aliphatic heterocycles. The average molecular weight is 373 g/mol. The highest BCUT2D eigenvalue weighted by molar-refractivity contribution is 8.18. The number of rotatable bonds is 4. The molecule has 0 aliphatic carbocycles. The Bertz CT molecular complexity index is 1010. The van der Waals surface area contributed by atoms with Crippen molar-refractivity contribution in [2.45, 2.75) is 6.54 Å². The summed E-state index contributed by atoms with van der Waals surface area (Å²) >= 11 is 1.42. The standard InChI is InChI=1S/C22H19N3OS/c1-24-14-8-13-19(24)15-20-21(26)25(16-17-9-4-2-5-10-17)22(27-20)23-18-11-6-3-7-12-18/h2-15H,16H2,1H3/b20-15-,23-22?. The SMILES string of the molecule is Cn1cccc1/C=C1\SC(=Nc2ccccc2)N(Cc2ccccc2)C1=O.